The normalized spacial score (nSPS) is 11.0. The van der Waals surface area contributed by atoms with E-state index in [0.29, 0.717) is 6.61 Å². The van der Waals surface area contributed by atoms with Crippen LogP contribution in [0.3, 0.4) is 0 Å². The van der Waals surface area contributed by atoms with Crippen LogP contribution < -0.4 is 0 Å². The Bertz CT molecular complexity index is 145. The molecule has 5 heteroatoms. The van der Waals surface area contributed by atoms with E-state index in [1.54, 1.807) is 0 Å². The number of hydrogen-bond acceptors (Lipinski definition) is 1. The van der Waals surface area contributed by atoms with Crippen LogP contribution >= 0.6 is 9.84 Å². The maximum atomic E-state index is 5.21. The molecule has 2 radical (unpaired) electrons. The second-order valence-electron chi connectivity index (χ2n) is 0.871. The molecule has 0 amide bonds. The van der Waals surface area contributed by atoms with Gasteiger partial charge in [0.25, 0.3) is 0 Å². The molecule has 0 aromatic carbocycles. The van der Waals surface area contributed by atoms with E-state index in [4.69, 9.17) is 18.5 Å². The van der Waals surface area contributed by atoms with Gasteiger partial charge >= 0.3 is 47.9 Å². The van der Waals surface area contributed by atoms with Gasteiger partial charge in [-0.25, -0.2) is 0 Å². The van der Waals surface area contributed by atoms with Crippen molar-refractivity contribution in [3.63, 3.8) is 0 Å². The Morgan fingerprint density at radius 3 is 2.57 bits per heavy atom. The molecule has 0 aliphatic heterocycles. The first-order valence-electron chi connectivity index (χ1n) is 1.97. The second kappa shape index (κ2) is 4.53. The number of rotatable bonds is 1. The van der Waals surface area contributed by atoms with Crippen LogP contribution in [0.2, 0.25) is 0 Å². The molecule has 0 bridgehead atoms. The predicted molar refractivity (Wildman–Crippen MR) is 36.5 cm³/mol. The molecular formula is C2H5B3OS. The zero-order chi connectivity index (χ0) is 5.70. The van der Waals surface area contributed by atoms with Gasteiger partial charge in [0.05, 0.1) is 0 Å². The van der Waals surface area contributed by atoms with Crippen LogP contribution in [0.15, 0.2) is 0 Å². The van der Waals surface area contributed by atoms with Crippen molar-refractivity contribution in [2.24, 2.45) is 0 Å². The molecule has 7 heavy (non-hydrogen) atoms. The van der Waals surface area contributed by atoms with Gasteiger partial charge in [-0.3, -0.25) is 0 Å². The summed E-state index contributed by atoms with van der Waals surface area (Å²) in [5, 5.41) is 0. The molecule has 0 fully saturated rings. The van der Waals surface area contributed by atoms with Gasteiger partial charge in [-0.05, 0) is 0 Å². The molecule has 0 saturated heterocycles. The van der Waals surface area contributed by atoms with E-state index in [9.17, 15) is 0 Å². The van der Waals surface area contributed by atoms with Gasteiger partial charge in [-0.15, -0.1) is 0 Å². The van der Waals surface area contributed by atoms with Crippen LogP contribution in [0.1, 0.15) is 6.92 Å². The van der Waals surface area contributed by atoms with Crippen LogP contribution in [0.5, 0.6) is 0 Å². The zero-order valence-corrected chi connectivity index (χ0v) is 5.07. The third-order valence-electron chi connectivity index (χ3n) is 0.388. The fourth-order valence-electron chi connectivity index (χ4n) is 0.175. The summed E-state index contributed by atoms with van der Waals surface area (Å²) in [6, 6.07) is 1.34. The van der Waals surface area contributed by atoms with Gasteiger partial charge in [0, 0.05) is 0 Å². The van der Waals surface area contributed by atoms with Crippen molar-refractivity contribution in [2.45, 2.75) is 6.92 Å². The Kier molecular flexibility index (Phi) is 4.77. The molecule has 0 aliphatic rings. The van der Waals surface area contributed by atoms with Crippen LogP contribution in [0, 0.1) is 0 Å². The van der Waals surface area contributed by atoms with Crippen molar-refractivity contribution in [1.29, 1.82) is 0 Å². The third kappa shape index (κ3) is 4.22. The Morgan fingerprint density at radius 1 is 1.86 bits per heavy atom. The molecule has 0 heterocycles. The fourth-order valence-corrected chi connectivity index (χ4v) is 0.526. The van der Waals surface area contributed by atoms with Gasteiger partial charge < -0.3 is 0 Å². The molecule has 1 nitrogen and oxygen atoms in total. The summed E-state index contributed by atoms with van der Waals surface area (Å²) in [5.41, 5.74) is 0. The monoisotopic (exact) mass is 110 g/mol. The molecule has 0 aromatic heterocycles. The molecule has 0 aliphatic carbocycles. The van der Waals surface area contributed by atoms with Crippen molar-refractivity contribution in [3.8, 4) is 0 Å². The van der Waals surface area contributed by atoms with E-state index in [2.05, 4.69) is 0 Å². The summed E-state index contributed by atoms with van der Waals surface area (Å²) in [4.78, 5) is 0. The van der Waals surface area contributed by atoms with E-state index in [1.165, 1.54) is 6.05 Å². The molecule has 0 aromatic rings. The van der Waals surface area contributed by atoms with Crippen LogP contribution in [-0.2, 0) is 4.18 Å². The van der Waals surface area contributed by atoms with E-state index < -0.39 is 9.84 Å². The minimum atomic E-state index is -0.624. The summed E-state index contributed by atoms with van der Waals surface area (Å²) in [6.07, 6.45) is 0. The molecule has 0 atom stereocenters. The predicted octanol–water partition coefficient (Wildman–Crippen LogP) is -0.00700. The second-order valence-corrected chi connectivity index (χ2v) is 2.04. The van der Waals surface area contributed by atoms with Gasteiger partial charge in [0.15, 0.2) is 0 Å². The molecular weight excluding hydrogens is 105 g/mol. The fraction of sp³-hybridized carbons (Fsp3) is 1.00. The maximum absolute atomic E-state index is 5.21. The Morgan fingerprint density at radius 2 is 2.43 bits per heavy atom. The third-order valence-corrected chi connectivity index (χ3v) is 1.16. The first-order valence-corrected chi connectivity index (χ1v) is 3.24. The molecule has 0 unspecified atom stereocenters. The van der Waals surface area contributed by atoms with Gasteiger partial charge in [0.2, 0.25) is 0 Å². The Labute approximate surface area is 48.6 Å². The summed E-state index contributed by atoms with van der Waals surface area (Å²) >= 11 is 0. The minimum absolute atomic E-state index is 0.618. The average molecular weight is 110 g/mol. The van der Waals surface area contributed by atoms with Gasteiger partial charge in [0.1, 0.15) is 0 Å². The summed E-state index contributed by atoms with van der Waals surface area (Å²) in [5.74, 6) is 0. The van der Waals surface area contributed by atoms with Crippen molar-refractivity contribution in [2.75, 3.05) is 6.61 Å². The standard InChI is InChI=1S/C2H5B3OS/c1-2-6-7(4)5-3/h2H2,1H3. The summed E-state index contributed by atoms with van der Waals surface area (Å²) in [6.45, 7) is 7.70. The van der Waals surface area contributed by atoms with Crippen LogP contribution in [0.25, 0.3) is 0 Å². The molecule has 34 valence electrons. The summed E-state index contributed by atoms with van der Waals surface area (Å²) < 4.78 is 4.82. The van der Waals surface area contributed by atoms with Crippen molar-refractivity contribution in [3.05, 3.63) is 0 Å². The van der Waals surface area contributed by atoms with E-state index >= 15 is 0 Å². The van der Waals surface area contributed by atoms with E-state index in [-0.39, 0.29) is 0 Å². The quantitative estimate of drug-likeness (QED) is 0.431. The zero-order valence-electron chi connectivity index (χ0n) is 4.26. The first-order chi connectivity index (χ1) is 3.31. The van der Waals surface area contributed by atoms with Crippen molar-refractivity contribution < 1.29 is 4.18 Å². The molecule has 0 N–H and O–H groups in total. The SMILES string of the molecule is [B]B=S(#B)OCC. The van der Waals surface area contributed by atoms with Crippen LogP contribution in [0.4, 0.5) is 0 Å². The Hall–Kier alpha value is 0.375. The summed E-state index contributed by atoms with van der Waals surface area (Å²) in [7, 11) is 4.37. The van der Waals surface area contributed by atoms with Gasteiger partial charge in [-0.2, -0.15) is 0 Å². The van der Waals surface area contributed by atoms with Crippen molar-refractivity contribution >= 4 is 30.2 Å². The molecule has 0 rings (SSSR count). The first kappa shape index (κ1) is 7.37. The Balaban J connectivity index is 3.47. The topological polar surface area (TPSA) is 9.23 Å². The molecule has 0 saturated carbocycles. The van der Waals surface area contributed by atoms with E-state index in [0.717, 1.165) is 0 Å². The van der Waals surface area contributed by atoms with Gasteiger partial charge in [-0.1, -0.05) is 0 Å². The number of hydrogen-bond donors (Lipinski definition) is 0. The average Bonchev–Trinajstić information content (AvgIpc) is 1.68. The van der Waals surface area contributed by atoms with Crippen LogP contribution in [-0.4, -0.2) is 26.9 Å². The van der Waals surface area contributed by atoms with E-state index in [1.807, 2.05) is 6.92 Å². The van der Waals surface area contributed by atoms with Crippen molar-refractivity contribution in [1.82, 2.24) is 0 Å². The molecule has 0 spiro atoms.